The number of halogens is 2. The highest BCUT2D eigenvalue weighted by Gasteiger charge is 2.26. The Kier molecular flexibility index (Phi) is 9.55. The van der Waals surface area contributed by atoms with E-state index >= 15 is 0 Å². The van der Waals surface area contributed by atoms with Crippen LogP contribution in [0.15, 0.2) is 83.8 Å². The quantitative estimate of drug-likeness (QED) is 0.159. The number of carbonyl (C=O) groups is 2. The van der Waals surface area contributed by atoms with Crippen molar-refractivity contribution < 1.29 is 18.4 Å². The molecular weight excluding hydrogens is 594 g/mol. The number of hydrogen-bond donors (Lipinski definition) is 2. The van der Waals surface area contributed by atoms with Crippen LogP contribution >= 0.6 is 11.3 Å². The Bertz CT molecular complexity index is 1900. The number of pyridine rings is 1. The monoisotopic (exact) mass is 628 g/mol. The lowest BCUT2D eigenvalue weighted by Gasteiger charge is -2.18. The molecule has 0 unspecified atom stereocenters. The molecule has 45 heavy (non-hydrogen) atoms. The van der Waals surface area contributed by atoms with Gasteiger partial charge in [-0.2, -0.15) is 0 Å². The molecule has 0 fully saturated rings. The lowest BCUT2D eigenvalue weighted by molar-refractivity contribution is 0.0937. The number of ketones is 1. The zero-order valence-corrected chi connectivity index (χ0v) is 26.3. The van der Waals surface area contributed by atoms with Crippen LogP contribution < -0.4 is 16.1 Å². The molecule has 0 aliphatic heterocycles. The standard InChI is InChI=1S/C35H34F2N4O3S/c1-21(2)31(42)27-20-41(19-25-28(36)11-8-12-29(25)37)34-30(32(27)43)26(18-40(4)17-22-9-6-5-7-10-22)33(45-34)23-13-15-24(16-14-23)39-35(44)38-3/h5-16,20-21H,17-19H2,1-4H3,(H2,38,39,44). The van der Waals surface area contributed by atoms with E-state index in [0.29, 0.717) is 34.6 Å². The van der Waals surface area contributed by atoms with Crippen molar-refractivity contribution in [2.45, 2.75) is 33.5 Å². The van der Waals surface area contributed by atoms with Gasteiger partial charge < -0.3 is 15.2 Å². The molecule has 3 aromatic carbocycles. The molecule has 2 N–H and O–H groups in total. The number of anilines is 1. The number of hydrogen-bond acceptors (Lipinski definition) is 5. The number of nitrogens with zero attached hydrogens (tertiary/aromatic N) is 2. The van der Waals surface area contributed by atoms with Crippen LogP contribution in [0.25, 0.3) is 20.7 Å². The minimum atomic E-state index is -0.711. The summed E-state index contributed by atoms with van der Waals surface area (Å²) >= 11 is 1.33. The summed E-state index contributed by atoms with van der Waals surface area (Å²) in [4.78, 5) is 42.7. The Morgan fingerprint density at radius 3 is 2.20 bits per heavy atom. The fourth-order valence-electron chi connectivity index (χ4n) is 5.26. The first-order valence-corrected chi connectivity index (χ1v) is 15.4. The number of aromatic nitrogens is 1. The Morgan fingerprint density at radius 2 is 1.58 bits per heavy atom. The van der Waals surface area contributed by atoms with Gasteiger partial charge in [-0.1, -0.05) is 62.4 Å². The van der Waals surface area contributed by atoms with E-state index in [1.165, 1.54) is 42.8 Å². The van der Waals surface area contributed by atoms with Crippen molar-refractivity contribution >= 4 is 39.1 Å². The molecule has 0 aliphatic rings. The smallest absolute Gasteiger partial charge is 0.318 e. The third kappa shape index (κ3) is 6.87. The first-order chi connectivity index (χ1) is 21.6. The summed E-state index contributed by atoms with van der Waals surface area (Å²) in [7, 11) is 3.48. The van der Waals surface area contributed by atoms with Gasteiger partial charge in [-0.15, -0.1) is 11.3 Å². The van der Waals surface area contributed by atoms with Gasteiger partial charge in [0.2, 0.25) is 5.43 Å². The SMILES string of the molecule is CNC(=O)Nc1ccc(-c2sc3c(c2CN(C)Cc2ccccc2)c(=O)c(C(=O)C(C)C)cn3Cc2c(F)cccc2F)cc1. The average molecular weight is 629 g/mol. The number of urea groups is 1. The average Bonchev–Trinajstić information content (AvgIpc) is 3.40. The molecule has 0 radical (unpaired) electrons. The molecule has 10 heteroatoms. The molecule has 7 nitrogen and oxygen atoms in total. The number of fused-ring (bicyclic) bond motifs is 1. The van der Waals surface area contributed by atoms with Crippen LogP contribution in [0, 0.1) is 17.6 Å². The normalized spacial score (nSPS) is 11.4. The maximum atomic E-state index is 14.9. The number of thiophene rings is 1. The largest absolute Gasteiger partial charge is 0.341 e. The molecule has 0 aliphatic carbocycles. The van der Waals surface area contributed by atoms with E-state index in [1.807, 2.05) is 49.5 Å². The molecule has 232 valence electrons. The van der Waals surface area contributed by atoms with Gasteiger partial charge in [-0.25, -0.2) is 13.6 Å². The maximum absolute atomic E-state index is 14.9. The summed E-state index contributed by atoms with van der Waals surface area (Å²) in [6.45, 7) is 4.20. The van der Waals surface area contributed by atoms with E-state index in [0.717, 1.165) is 16.0 Å². The fraction of sp³-hybridized carbons (Fsp3) is 0.229. The summed E-state index contributed by atoms with van der Waals surface area (Å²) in [5.74, 6) is -2.23. The molecule has 0 spiro atoms. The Morgan fingerprint density at radius 1 is 0.911 bits per heavy atom. The van der Waals surface area contributed by atoms with E-state index in [4.69, 9.17) is 0 Å². The number of rotatable bonds is 10. The van der Waals surface area contributed by atoms with Gasteiger partial charge >= 0.3 is 6.03 Å². The molecule has 5 rings (SSSR count). The third-order valence-electron chi connectivity index (χ3n) is 7.54. The number of carbonyl (C=O) groups excluding carboxylic acids is 2. The van der Waals surface area contributed by atoms with Gasteiger partial charge in [0.15, 0.2) is 5.78 Å². The molecule has 2 amide bonds. The molecule has 2 aromatic heterocycles. The van der Waals surface area contributed by atoms with Gasteiger partial charge in [0.1, 0.15) is 16.5 Å². The third-order valence-corrected chi connectivity index (χ3v) is 8.86. The molecule has 0 saturated heterocycles. The Hall–Kier alpha value is -4.67. The predicted octanol–water partition coefficient (Wildman–Crippen LogP) is 7.28. The highest BCUT2D eigenvalue weighted by molar-refractivity contribution is 7.22. The molecular formula is C35H34F2N4O3S. The summed E-state index contributed by atoms with van der Waals surface area (Å²) < 4.78 is 31.3. The second kappa shape index (κ2) is 13.5. The number of nitrogens with one attached hydrogen (secondary N) is 2. The van der Waals surface area contributed by atoms with Crippen LogP contribution in [0.2, 0.25) is 0 Å². The van der Waals surface area contributed by atoms with E-state index < -0.39 is 23.0 Å². The predicted molar refractivity (Wildman–Crippen MR) is 176 cm³/mol. The Labute approximate surface area is 264 Å². The first-order valence-electron chi connectivity index (χ1n) is 14.5. The van der Waals surface area contributed by atoms with E-state index in [-0.39, 0.29) is 29.5 Å². The minimum absolute atomic E-state index is 0.0179. The van der Waals surface area contributed by atoms with Gasteiger partial charge in [0.05, 0.1) is 17.5 Å². The van der Waals surface area contributed by atoms with Crippen LogP contribution in [0.5, 0.6) is 0 Å². The molecule has 0 atom stereocenters. The maximum Gasteiger partial charge on any atom is 0.318 e. The zero-order chi connectivity index (χ0) is 32.2. The second-order valence-electron chi connectivity index (χ2n) is 11.2. The van der Waals surface area contributed by atoms with Crippen molar-refractivity contribution in [2.75, 3.05) is 19.4 Å². The van der Waals surface area contributed by atoms with E-state index in [2.05, 4.69) is 15.5 Å². The van der Waals surface area contributed by atoms with Gasteiger partial charge in [0, 0.05) is 48.4 Å². The second-order valence-corrected chi connectivity index (χ2v) is 12.2. The van der Waals surface area contributed by atoms with Crippen molar-refractivity contribution in [2.24, 2.45) is 5.92 Å². The highest BCUT2D eigenvalue weighted by atomic mass is 32.1. The minimum Gasteiger partial charge on any atom is -0.341 e. The van der Waals surface area contributed by atoms with Crippen LogP contribution in [0.3, 0.4) is 0 Å². The first kappa shape index (κ1) is 31.7. The molecule has 0 bridgehead atoms. The number of Topliss-reactive ketones (excluding diaryl/α,β-unsaturated/α-hetero) is 1. The summed E-state index contributed by atoms with van der Waals surface area (Å²) in [5.41, 5.74) is 2.60. The number of amides is 2. The molecule has 0 saturated carbocycles. The topological polar surface area (TPSA) is 83.4 Å². The van der Waals surface area contributed by atoms with Crippen molar-refractivity contribution in [3.8, 4) is 10.4 Å². The van der Waals surface area contributed by atoms with E-state index in [1.54, 1.807) is 30.5 Å². The zero-order valence-electron chi connectivity index (χ0n) is 25.5. The van der Waals surface area contributed by atoms with Gasteiger partial charge in [0.25, 0.3) is 0 Å². The van der Waals surface area contributed by atoms with Gasteiger partial charge in [-0.3, -0.25) is 14.5 Å². The van der Waals surface area contributed by atoms with Crippen molar-refractivity contribution in [1.29, 1.82) is 0 Å². The van der Waals surface area contributed by atoms with Crippen LogP contribution in [0.4, 0.5) is 19.3 Å². The Balaban J connectivity index is 1.73. The van der Waals surface area contributed by atoms with Crippen LogP contribution in [-0.4, -0.2) is 35.4 Å². The lowest BCUT2D eigenvalue weighted by Crippen LogP contribution is -2.24. The highest BCUT2D eigenvalue weighted by Crippen LogP contribution is 2.39. The molecule has 2 heterocycles. The summed E-state index contributed by atoms with van der Waals surface area (Å²) in [6.07, 6.45) is 1.44. The molecule has 5 aromatic rings. The number of benzene rings is 3. The summed E-state index contributed by atoms with van der Waals surface area (Å²) in [6, 6.07) is 20.5. The van der Waals surface area contributed by atoms with Crippen molar-refractivity contribution in [1.82, 2.24) is 14.8 Å². The fourth-order valence-corrected chi connectivity index (χ4v) is 6.55. The van der Waals surface area contributed by atoms with Crippen LogP contribution in [0.1, 0.15) is 40.9 Å². The van der Waals surface area contributed by atoms with Gasteiger partial charge in [-0.05, 0) is 48.0 Å². The van der Waals surface area contributed by atoms with E-state index in [9.17, 15) is 23.2 Å². The van der Waals surface area contributed by atoms with Crippen LogP contribution in [-0.2, 0) is 19.6 Å². The van der Waals surface area contributed by atoms with Crippen molar-refractivity contribution in [3.63, 3.8) is 0 Å². The lowest BCUT2D eigenvalue weighted by atomic mass is 9.99. The van der Waals surface area contributed by atoms with Crippen molar-refractivity contribution in [3.05, 3.63) is 123 Å². The summed E-state index contributed by atoms with van der Waals surface area (Å²) in [5, 5.41) is 5.61.